The lowest BCUT2D eigenvalue weighted by Gasteiger charge is -2.15. The second-order valence-corrected chi connectivity index (χ2v) is 8.32. The molecule has 0 spiro atoms. The normalized spacial score (nSPS) is 13.4. The second kappa shape index (κ2) is 7.61. The van der Waals surface area contributed by atoms with Gasteiger partial charge in [0.15, 0.2) is 0 Å². The number of pyridine rings is 2. The average molecular weight is 409 g/mol. The van der Waals surface area contributed by atoms with E-state index in [1.165, 1.54) is 12.1 Å². The van der Waals surface area contributed by atoms with Gasteiger partial charge >= 0.3 is 0 Å². The van der Waals surface area contributed by atoms with Crippen LogP contribution in [-0.2, 0) is 29.7 Å². The topological polar surface area (TPSA) is 118 Å². The molecule has 3 heterocycles. The van der Waals surface area contributed by atoms with Crippen molar-refractivity contribution in [2.75, 3.05) is 5.32 Å². The average Bonchev–Trinajstić information content (AvgIpc) is 3.02. The maximum atomic E-state index is 12.7. The SMILES string of the molecule is NS(=O)(=O)c1ccc(CN2Cc3nc(NCc4cccnc4)ccc3C2=O)cc1. The Morgan fingerprint density at radius 3 is 2.55 bits per heavy atom. The van der Waals surface area contributed by atoms with Crippen molar-refractivity contribution in [3.05, 3.63) is 83.3 Å². The van der Waals surface area contributed by atoms with E-state index in [0.29, 0.717) is 36.7 Å². The van der Waals surface area contributed by atoms with E-state index in [1.807, 2.05) is 12.1 Å². The molecule has 0 radical (unpaired) electrons. The predicted molar refractivity (Wildman–Crippen MR) is 107 cm³/mol. The number of anilines is 1. The van der Waals surface area contributed by atoms with Crippen LogP contribution in [0.1, 0.15) is 27.2 Å². The third kappa shape index (κ3) is 4.25. The van der Waals surface area contributed by atoms with Crippen molar-refractivity contribution in [1.82, 2.24) is 14.9 Å². The van der Waals surface area contributed by atoms with Crippen LogP contribution >= 0.6 is 0 Å². The van der Waals surface area contributed by atoms with Crippen LogP contribution in [0.2, 0.25) is 0 Å². The van der Waals surface area contributed by atoms with E-state index in [2.05, 4.69) is 15.3 Å². The number of primary sulfonamides is 1. The molecule has 0 unspecified atom stereocenters. The maximum absolute atomic E-state index is 12.7. The van der Waals surface area contributed by atoms with E-state index in [4.69, 9.17) is 5.14 Å². The summed E-state index contributed by atoms with van der Waals surface area (Å²) in [5, 5.41) is 8.36. The Bertz CT molecular complexity index is 1150. The summed E-state index contributed by atoms with van der Waals surface area (Å²) in [6.45, 7) is 1.35. The van der Waals surface area contributed by atoms with Crippen LogP contribution in [0.15, 0.2) is 65.8 Å². The van der Waals surface area contributed by atoms with Crippen LogP contribution in [0.4, 0.5) is 5.82 Å². The first-order valence-corrected chi connectivity index (χ1v) is 10.5. The van der Waals surface area contributed by atoms with Crippen LogP contribution in [0.25, 0.3) is 0 Å². The number of amides is 1. The molecule has 0 aliphatic carbocycles. The van der Waals surface area contributed by atoms with E-state index in [1.54, 1.807) is 41.6 Å². The Morgan fingerprint density at radius 1 is 1.07 bits per heavy atom. The molecule has 29 heavy (non-hydrogen) atoms. The Labute approximate surface area is 168 Å². The number of rotatable bonds is 6. The summed E-state index contributed by atoms with van der Waals surface area (Å²) < 4.78 is 22.7. The molecule has 8 nitrogen and oxygen atoms in total. The highest BCUT2D eigenvalue weighted by molar-refractivity contribution is 7.89. The minimum atomic E-state index is -3.73. The number of aromatic nitrogens is 2. The van der Waals surface area contributed by atoms with Gasteiger partial charge in [-0.1, -0.05) is 18.2 Å². The summed E-state index contributed by atoms with van der Waals surface area (Å²) in [6, 6.07) is 13.6. The van der Waals surface area contributed by atoms with Crippen LogP contribution in [0, 0.1) is 0 Å². The number of hydrogen-bond acceptors (Lipinski definition) is 6. The number of nitrogens with zero attached hydrogens (tertiary/aromatic N) is 3. The van der Waals surface area contributed by atoms with Crippen molar-refractivity contribution < 1.29 is 13.2 Å². The van der Waals surface area contributed by atoms with E-state index < -0.39 is 10.0 Å². The van der Waals surface area contributed by atoms with Crippen LogP contribution in [-0.4, -0.2) is 29.2 Å². The molecule has 1 aliphatic heterocycles. The molecule has 3 N–H and O–H groups in total. The lowest BCUT2D eigenvalue weighted by Crippen LogP contribution is -2.23. The summed E-state index contributed by atoms with van der Waals surface area (Å²) in [5.74, 6) is 0.599. The van der Waals surface area contributed by atoms with Crippen molar-refractivity contribution in [1.29, 1.82) is 0 Å². The van der Waals surface area contributed by atoms with E-state index in [0.717, 1.165) is 11.1 Å². The van der Waals surface area contributed by atoms with E-state index in [-0.39, 0.29) is 10.8 Å². The number of nitrogens with one attached hydrogen (secondary N) is 1. The summed E-state index contributed by atoms with van der Waals surface area (Å²) in [5.41, 5.74) is 3.15. The highest BCUT2D eigenvalue weighted by Crippen LogP contribution is 2.25. The smallest absolute Gasteiger partial charge is 0.256 e. The molecule has 0 saturated carbocycles. The van der Waals surface area contributed by atoms with Crippen molar-refractivity contribution >= 4 is 21.7 Å². The lowest BCUT2D eigenvalue weighted by molar-refractivity contribution is 0.0766. The van der Waals surface area contributed by atoms with Gasteiger partial charge in [0.05, 0.1) is 22.7 Å². The molecule has 1 aliphatic rings. The summed E-state index contributed by atoms with van der Waals surface area (Å²) in [6.07, 6.45) is 3.51. The monoisotopic (exact) mass is 409 g/mol. The van der Waals surface area contributed by atoms with Gasteiger partial charge in [0.2, 0.25) is 10.0 Å². The first-order valence-electron chi connectivity index (χ1n) is 8.94. The number of benzene rings is 1. The van der Waals surface area contributed by atoms with Crippen LogP contribution in [0.3, 0.4) is 0 Å². The molecule has 1 amide bonds. The summed E-state index contributed by atoms with van der Waals surface area (Å²) in [7, 11) is -3.73. The molecule has 148 valence electrons. The summed E-state index contributed by atoms with van der Waals surface area (Å²) in [4.78, 5) is 23.0. The number of nitrogens with two attached hydrogens (primary N) is 1. The molecule has 3 aromatic rings. The van der Waals surface area contributed by atoms with Crippen molar-refractivity contribution in [3.63, 3.8) is 0 Å². The first kappa shape index (κ1) is 19.0. The first-order chi connectivity index (χ1) is 13.9. The van der Waals surface area contributed by atoms with Gasteiger partial charge in [0, 0.05) is 25.5 Å². The molecule has 4 rings (SSSR count). The fraction of sp³-hybridized carbons (Fsp3) is 0.150. The van der Waals surface area contributed by atoms with Gasteiger partial charge in [-0.05, 0) is 41.5 Å². The molecule has 1 aromatic carbocycles. The Hall–Kier alpha value is -3.30. The third-order valence-corrected chi connectivity index (χ3v) is 5.58. The number of sulfonamides is 1. The maximum Gasteiger partial charge on any atom is 0.256 e. The second-order valence-electron chi connectivity index (χ2n) is 6.76. The Morgan fingerprint density at radius 2 is 1.86 bits per heavy atom. The molecule has 0 bridgehead atoms. The number of hydrogen-bond donors (Lipinski definition) is 2. The molecule has 0 atom stereocenters. The zero-order valence-electron chi connectivity index (χ0n) is 15.4. The fourth-order valence-corrected chi connectivity index (χ4v) is 3.68. The number of fused-ring (bicyclic) bond motifs is 1. The lowest BCUT2D eigenvalue weighted by atomic mass is 10.2. The zero-order valence-corrected chi connectivity index (χ0v) is 16.3. The van der Waals surface area contributed by atoms with Gasteiger partial charge in [0.25, 0.3) is 5.91 Å². The van der Waals surface area contributed by atoms with E-state index >= 15 is 0 Å². The number of carbonyl (C=O) groups excluding carboxylic acids is 1. The summed E-state index contributed by atoms with van der Waals surface area (Å²) >= 11 is 0. The van der Waals surface area contributed by atoms with Crippen LogP contribution in [0.5, 0.6) is 0 Å². The minimum absolute atomic E-state index is 0.0447. The van der Waals surface area contributed by atoms with Crippen molar-refractivity contribution in [3.8, 4) is 0 Å². The molecular formula is C20H19N5O3S. The van der Waals surface area contributed by atoms with Gasteiger partial charge in [0.1, 0.15) is 5.82 Å². The Balaban J connectivity index is 1.44. The third-order valence-electron chi connectivity index (χ3n) is 4.65. The fourth-order valence-electron chi connectivity index (χ4n) is 3.17. The number of carbonyl (C=O) groups is 1. The Kier molecular flexibility index (Phi) is 4.99. The zero-order chi connectivity index (χ0) is 20.4. The highest BCUT2D eigenvalue weighted by atomic mass is 32.2. The van der Waals surface area contributed by atoms with Crippen molar-refractivity contribution in [2.45, 2.75) is 24.5 Å². The standard InChI is InChI=1S/C20H19N5O3S/c21-29(27,28)16-5-3-14(4-6-16)12-25-13-18-17(20(25)26)7-8-19(24-18)23-11-15-2-1-9-22-10-15/h1-10H,11-13H2,(H,23,24)(H2,21,27,28). The minimum Gasteiger partial charge on any atom is -0.366 e. The van der Waals surface area contributed by atoms with E-state index in [9.17, 15) is 13.2 Å². The van der Waals surface area contributed by atoms with Gasteiger partial charge in [-0.15, -0.1) is 0 Å². The highest BCUT2D eigenvalue weighted by Gasteiger charge is 2.28. The quantitative estimate of drug-likeness (QED) is 0.642. The molecule has 9 heteroatoms. The molecule has 0 fully saturated rings. The largest absolute Gasteiger partial charge is 0.366 e. The van der Waals surface area contributed by atoms with Gasteiger partial charge in [-0.2, -0.15) is 0 Å². The molecule has 0 saturated heterocycles. The van der Waals surface area contributed by atoms with Crippen LogP contribution < -0.4 is 10.5 Å². The molecule has 2 aromatic heterocycles. The predicted octanol–water partition coefficient (Wildman–Crippen LogP) is 1.89. The van der Waals surface area contributed by atoms with Gasteiger partial charge in [-0.3, -0.25) is 9.78 Å². The molecular weight excluding hydrogens is 390 g/mol. The van der Waals surface area contributed by atoms with Crippen molar-refractivity contribution in [2.24, 2.45) is 5.14 Å². The van der Waals surface area contributed by atoms with Gasteiger partial charge in [-0.25, -0.2) is 18.5 Å². The van der Waals surface area contributed by atoms with Gasteiger partial charge < -0.3 is 10.2 Å².